The molecular formula is C10H21N3O3S2. The van der Waals surface area contributed by atoms with Crippen molar-refractivity contribution >= 4 is 27.7 Å². The number of rotatable bonds is 7. The Hall–Kier alpha value is -0.310. The average molecular weight is 295 g/mol. The molecule has 1 heterocycles. The topological polar surface area (TPSA) is 87.3 Å². The summed E-state index contributed by atoms with van der Waals surface area (Å²) in [6, 6.07) is 0.262. The van der Waals surface area contributed by atoms with E-state index in [1.165, 1.54) is 0 Å². The van der Waals surface area contributed by atoms with E-state index in [0.29, 0.717) is 25.9 Å². The van der Waals surface area contributed by atoms with Gasteiger partial charge in [0.15, 0.2) is 0 Å². The lowest BCUT2D eigenvalue weighted by molar-refractivity contribution is -0.121. The van der Waals surface area contributed by atoms with Crippen molar-refractivity contribution in [3.8, 4) is 0 Å². The summed E-state index contributed by atoms with van der Waals surface area (Å²) in [5.41, 5.74) is 0. The van der Waals surface area contributed by atoms with Crippen LogP contribution < -0.4 is 15.4 Å². The summed E-state index contributed by atoms with van der Waals surface area (Å²) in [5, 5.41) is 6.09. The highest BCUT2D eigenvalue weighted by Crippen LogP contribution is 2.09. The minimum atomic E-state index is -3.12. The van der Waals surface area contributed by atoms with Crippen molar-refractivity contribution < 1.29 is 13.2 Å². The van der Waals surface area contributed by atoms with Gasteiger partial charge in [-0.05, 0) is 6.42 Å². The molecule has 0 aromatic heterocycles. The molecule has 106 valence electrons. The molecule has 1 unspecified atom stereocenters. The number of carbonyl (C=O) groups excluding carboxylic acids is 1. The van der Waals surface area contributed by atoms with Crippen LogP contribution in [0.25, 0.3) is 0 Å². The van der Waals surface area contributed by atoms with Crippen LogP contribution in [-0.2, 0) is 14.8 Å². The average Bonchev–Trinajstić information content (AvgIpc) is 2.28. The fourth-order valence-corrected chi connectivity index (χ4v) is 3.08. The lowest BCUT2D eigenvalue weighted by Gasteiger charge is -2.22. The van der Waals surface area contributed by atoms with Gasteiger partial charge in [-0.3, -0.25) is 4.79 Å². The normalized spacial score (nSPS) is 20.6. The van der Waals surface area contributed by atoms with Gasteiger partial charge in [0.25, 0.3) is 0 Å². The van der Waals surface area contributed by atoms with Gasteiger partial charge in [0.2, 0.25) is 15.9 Å². The van der Waals surface area contributed by atoms with Crippen molar-refractivity contribution in [1.29, 1.82) is 0 Å². The van der Waals surface area contributed by atoms with Crippen molar-refractivity contribution in [3.05, 3.63) is 0 Å². The Labute approximate surface area is 113 Å². The summed E-state index contributed by atoms with van der Waals surface area (Å²) < 4.78 is 23.9. The van der Waals surface area contributed by atoms with Gasteiger partial charge < -0.3 is 10.6 Å². The van der Waals surface area contributed by atoms with Crippen LogP contribution in [0.15, 0.2) is 0 Å². The van der Waals surface area contributed by atoms with E-state index in [9.17, 15) is 13.2 Å². The number of nitrogens with one attached hydrogen (secondary N) is 3. The van der Waals surface area contributed by atoms with E-state index < -0.39 is 10.0 Å². The van der Waals surface area contributed by atoms with E-state index in [1.54, 1.807) is 0 Å². The smallest absolute Gasteiger partial charge is 0.221 e. The first-order valence-corrected chi connectivity index (χ1v) is 9.04. The largest absolute Gasteiger partial charge is 0.356 e. The predicted octanol–water partition coefficient (Wildman–Crippen LogP) is -0.863. The molecule has 0 aromatic carbocycles. The molecule has 8 heteroatoms. The number of thioether (sulfide) groups is 1. The quantitative estimate of drug-likeness (QED) is 0.532. The molecule has 0 radical (unpaired) electrons. The van der Waals surface area contributed by atoms with Gasteiger partial charge in [-0.15, -0.1) is 0 Å². The van der Waals surface area contributed by atoms with Crippen molar-refractivity contribution in [2.45, 2.75) is 18.9 Å². The van der Waals surface area contributed by atoms with Crippen LogP contribution in [0.5, 0.6) is 0 Å². The second kappa shape index (κ2) is 7.98. The van der Waals surface area contributed by atoms with Gasteiger partial charge >= 0.3 is 0 Å². The third kappa shape index (κ3) is 7.91. The predicted molar refractivity (Wildman–Crippen MR) is 74.2 cm³/mol. The summed E-state index contributed by atoms with van der Waals surface area (Å²) in [4.78, 5) is 11.6. The zero-order valence-corrected chi connectivity index (χ0v) is 12.2. The zero-order valence-electron chi connectivity index (χ0n) is 10.6. The molecule has 0 bridgehead atoms. The van der Waals surface area contributed by atoms with Crippen molar-refractivity contribution in [3.63, 3.8) is 0 Å². The fraction of sp³-hybridized carbons (Fsp3) is 0.900. The molecular weight excluding hydrogens is 274 g/mol. The number of sulfonamides is 1. The molecule has 0 saturated carbocycles. The number of hydrogen-bond acceptors (Lipinski definition) is 5. The van der Waals surface area contributed by atoms with Gasteiger partial charge in [0.05, 0.1) is 6.26 Å². The molecule has 0 aromatic rings. The lowest BCUT2D eigenvalue weighted by atomic mass is 10.2. The SMILES string of the molecule is CS(=O)(=O)NCCCNC(=O)CC1CSCCN1. The van der Waals surface area contributed by atoms with E-state index in [-0.39, 0.29) is 11.9 Å². The van der Waals surface area contributed by atoms with Crippen LogP contribution in [0.1, 0.15) is 12.8 Å². The first-order valence-electron chi connectivity index (χ1n) is 6.00. The van der Waals surface area contributed by atoms with E-state index in [4.69, 9.17) is 0 Å². The summed E-state index contributed by atoms with van der Waals surface area (Å²) >= 11 is 1.86. The maximum atomic E-state index is 11.6. The second-order valence-corrected chi connectivity index (χ2v) is 7.28. The zero-order chi connectivity index (χ0) is 13.4. The van der Waals surface area contributed by atoms with Gasteiger partial charge in [-0.2, -0.15) is 11.8 Å². The summed E-state index contributed by atoms with van der Waals surface area (Å²) in [6.45, 7) is 1.82. The van der Waals surface area contributed by atoms with Crippen LogP contribution >= 0.6 is 11.8 Å². The van der Waals surface area contributed by atoms with E-state index in [0.717, 1.165) is 24.3 Å². The molecule has 1 saturated heterocycles. The Bertz CT molecular complexity index is 353. The molecule has 1 aliphatic rings. The van der Waals surface area contributed by atoms with Crippen molar-refractivity contribution in [2.75, 3.05) is 37.4 Å². The van der Waals surface area contributed by atoms with Crippen molar-refractivity contribution in [1.82, 2.24) is 15.4 Å². The molecule has 0 spiro atoms. The monoisotopic (exact) mass is 295 g/mol. The Kier molecular flexibility index (Phi) is 6.98. The molecule has 1 fully saturated rings. The van der Waals surface area contributed by atoms with Gasteiger partial charge in [-0.1, -0.05) is 0 Å². The Morgan fingerprint density at radius 1 is 1.44 bits per heavy atom. The first kappa shape index (κ1) is 15.7. The van der Waals surface area contributed by atoms with Crippen molar-refractivity contribution in [2.24, 2.45) is 0 Å². The third-order valence-corrected chi connectivity index (χ3v) is 4.33. The molecule has 1 amide bonds. The van der Waals surface area contributed by atoms with Gasteiger partial charge in [0, 0.05) is 43.6 Å². The molecule has 18 heavy (non-hydrogen) atoms. The number of amides is 1. The molecule has 1 rings (SSSR count). The van der Waals surface area contributed by atoms with Crippen LogP contribution in [-0.4, -0.2) is 57.8 Å². The third-order valence-electron chi connectivity index (χ3n) is 2.47. The van der Waals surface area contributed by atoms with E-state index in [2.05, 4.69) is 15.4 Å². The highest BCUT2D eigenvalue weighted by atomic mass is 32.2. The van der Waals surface area contributed by atoms with Gasteiger partial charge in [-0.25, -0.2) is 13.1 Å². The molecule has 0 aliphatic carbocycles. The summed E-state index contributed by atoms with van der Waals surface area (Å²) in [5.74, 6) is 2.10. The lowest BCUT2D eigenvalue weighted by Crippen LogP contribution is -2.41. The summed E-state index contributed by atoms with van der Waals surface area (Å²) in [7, 11) is -3.12. The standard InChI is InChI=1S/C10H21N3O3S2/c1-18(15,16)13-4-2-3-12-10(14)7-9-8-17-6-5-11-9/h9,11,13H,2-8H2,1H3,(H,12,14). The second-order valence-electron chi connectivity index (χ2n) is 4.30. The maximum absolute atomic E-state index is 11.6. The fourth-order valence-electron chi connectivity index (χ4n) is 1.62. The van der Waals surface area contributed by atoms with Crippen LogP contribution in [0.3, 0.4) is 0 Å². The van der Waals surface area contributed by atoms with E-state index >= 15 is 0 Å². The van der Waals surface area contributed by atoms with Crippen LogP contribution in [0, 0.1) is 0 Å². The minimum Gasteiger partial charge on any atom is -0.356 e. The van der Waals surface area contributed by atoms with Crippen LogP contribution in [0.2, 0.25) is 0 Å². The highest BCUT2D eigenvalue weighted by Gasteiger charge is 2.16. The minimum absolute atomic E-state index is 0.0226. The molecule has 6 nitrogen and oxygen atoms in total. The number of hydrogen-bond donors (Lipinski definition) is 3. The van der Waals surface area contributed by atoms with E-state index in [1.807, 2.05) is 11.8 Å². The molecule has 1 atom stereocenters. The Morgan fingerprint density at radius 3 is 2.83 bits per heavy atom. The molecule has 1 aliphatic heterocycles. The van der Waals surface area contributed by atoms with Gasteiger partial charge in [0.1, 0.15) is 0 Å². The molecule has 3 N–H and O–H groups in total. The Balaban J connectivity index is 2.03. The maximum Gasteiger partial charge on any atom is 0.221 e. The van der Waals surface area contributed by atoms with Crippen LogP contribution in [0.4, 0.5) is 0 Å². The first-order chi connectivity index (χ1) is 8.47. The highest BCUT2D eigenvalue weighted by molar-refractivity contribution is 7.99. The summed E-state index contributed by atoms with van der Waals surface area (Å²) in [6.07, 6.45) is 2.22. The number of carbonyl (C=O) groups is 1. The Morgan fingerprint density at radius 2 is 2.22 bits per heavy atom.